The van der Waals surface area contributed by atoms with Gasteiger partial charge >= 0.3 is 5.97 Å². The highest BCUT2D eigenvalue weighted by molar-refractivity contribution is 5.92. The summed E-state index contributed by atoms with van der Waals surface area (Å²) in [6, 6.07) is 9.76. The van der Waals surface area contributed by atoms with E-state index in [4.69, 9.17) is 5.11 Å². The van der Waals surface area contributed by atoms with E-state index in [0.29, 0.717) is 5.65 Å². The lowest BCUT2D eigenvalue weighted by atomic mass is 10.1. The number of aromatic carboxylic acids is 1. The van der Waals surface area contributed by atoms with Crippen molar-refractivity contribution in [3.05, 3.63) is 54.7 Å². The van der Waals surface area contributed by atoms with Crippen LogP contribution in [0.1, 0.15) is 10.5 Å². The molecule has 0 aliphatic carbocycles. The Kier molecular flexibility index (Phi) is 2.30. The van der Waals surface area contributed by atoms with Crippen molar-refractivity contribution in [1.29, 1.82) is 0 Å². The third-order valence-electron chi connectivity index (χ3n) is 2.68. The molecule has 0 bridgehead atoms. The number of carbonyl (C=O) groups is 1. The monoisotopic (exact) mass is 239 g/mol. The van der Waals surface area contributed by atoms with Crippen LogP contribution in [0.5, 0.6) is 0 Å². The summed E-state index contributed by atoms with van der Waals surface area (Å²) in [6.07, 6.45) is 4.92. The molecule has 0 atom stereocenters. The summed E-state index contributed by atoms with van der Waals surface area (Å²) in [6.45, 7) is 0. The lowest BCUT2D eigenvalue weighted by Crippen LogP contribution is -1.99. The van der Waals surface area contributed by atoms with Crippen molar-refractivity contribution in [3.63, 3.8) is 0 Å². The SMILES string of the molecule is O=C(O)c1ncn2cc(-c3ccccc3)cnc12. The number of benzene rings is 1. The van der Waals surface area contributed by atoms with E-state index < -0.39 is 5.97 Å². The maximum atomic E-state index is 10.9. The quantitative estimate of drug-likeness (QED) is 0.743. The van der Waals surface area contributed by atoms with E-state index in [9.17, 15) is 4.79 Å². The zero-order valence-electron chi connectivity index (χ0n) is 9.32. The van der Waals surface area contributed by atoms with Crippen molar-refractivity contribution >= 4 is 11.6 Å². The molecule has 3 rings (SSSR count). The molecule has 0 unspecified atom stereocenters. The fraction of sp³-hybridized carbons (Fsp3) is 0. The highest BCUT2D eigenvalue weighted by Gasteiger charge is 2.13. The molecule has 0 spiro atoms. The van der Waals surface area contributed by atoms with Crippen LogP contribution >= 0.6 is 0 Å². The van der Waals surface area contributed by atoms with E-state index >= 15 is 0 Å². The molecule has 1 N–H and O–H groups in total. The van der Waals surface area contributed by atoms with E-state index in [1.54, 1.807) is 10.6 Å². The molecule has 0 radical (unpaired) electrons. The van der Waals surface area contributed by atoms with E-state index in [1.165, 1.54) is 6.33 Å². The van der Waals surface area contributed by atoms with Crippen LogP contribution in [0.15, 0.2) is 49.1 Å². The summed E-state index contributed by atoms with van der Waals surface area (Å²) in [5, 5.41) is 8.94. The minimum atomic E-state index is -1.07. The molecule has 18 heavy (non-hydrogen) atoms. The van der Waals surface area contributed by atoms with Crippen molar-refractivity contribution in [2.75, 3.05) is 0 Å². The van der Waals surface area contributed by atoms with Gasteiger partial charge in [-0.1, -0.05) is 30.3 Å². The van der Waals surface area contributed by atoms with Gasteiger partial charge in [0.2, 0.25) is 0 Å². The maximum Gasteiger partial charge on any atom is 0.358 e. The second-order valence-corrected chi connectivity index (χ2v) is 3.84. The second kappa shape index (κ2) is 3.96. The Bertz CT molecular complexity index is 719. The zero-order chi connectivity index (χ0) is 12.5. The average molecular weight is 239 g/mol. The standard InChI is InChI=1S/C13H9N3O2/c17-13(18)11-12-14-6-10(7-16(12)8-15-11)9-4-2-1-3-5-9/h1-8H,(H,17,18). The van der Waals surface area contributed by atoms with Crippen LogP contribution in [0.2, 0.25) is 0 Å². The van der Waals surface area contributed by atoms with Gasteiger partial charge in [-0.15, -0.1) is 0 Å². The Morgan fingerprint density at radius 2 is 1.89 bits per heavy atom. The average Bonchev–Trinajstić information content (AvgIpc) is 2.82. The molecule has 2 heterocycles. The molecule has 88 valence electrons. The maximum absolute atomic E-state index is 10.9. The predicted octanol–water partition coefficient (Wildman–Crippen LogP) is 2.09. The number of fused-ring (bicyclic) bond motifs is 1. The molecule has 5 heteroatoms. The molecule has 0 saturated heterocycles. The summed E-state index contributed by atoms with van der Waals surface area (Å²) in [7, 11) is 0. The summed E-state index contributed by atoms with van der Waals surface area (Å²) < 4.78 is 1.62. The van der Waals surface area contributed by atoms with Crippen LogP contribution < -0.4 is 0 Å². The topological polar surface area (TPSA) is 67.5 Å². The van der Waals surface area contributed by atoms with Gasteiger partial charge in [-0.2, -0.15) is 0 Å². The Hall–Kier alpha value is -2.69. The first kappa shape index (κ1) is 10.5. The number of carboxylic acids is 1. The third-order valence-corrected chi connectivity index (χ3v) is 2.68. The van der Waals surface area contributed by atoms with Gasteiger partial charge < -0.3 is 5.11 Å². The number of imidazole rings is 1. The molecule has 0 aliphatic rings. The van der Waals surface area contributed by atoms with Gasteiger partial charge in [0.25, 0.3) is 0 Å². The largest absolute Gasteiger partial charge is 0.476 e. The van der Waals surface area contributed by atoms with E-state index in [0.717, 1.165) is 11.1 Å². The molecular formula is C13H9N3O2. The van der Waals surface area contributed by atoms with E-state index in [2.05, 4.69) is 9.97 Å². The van der Waals surface area contributed by atoms with Gasteiger partial charge in [-0.3, -0.25) is 4.40 Å². The Morgan fingerprint density at radius 3 is 2.61 bits per heavy atom. The second-order valence-electron chi connectivity index (χ2n) is 3.84. The zero-order valence-corrected chi connectivity index (χ0v) is 9.32. The van der Waals surface area contributed by atoms with Crippen LogP contribution in [0.3, 0.4) is 0 Å². The van der Waals surface area contributed by atoms with Crippen LogP contribution in [0, 0.1) is 0 Å². The van der Waals surface area contributed by atoms with Crippen LogP contribution in [0.4, 0.5) is 0 Å². The van der Waals surface area contributed by atoms with E-state index in [-0.39, 0.29) is 5.69 Å². The predicted molar refractivity (Wildman–Crippen MR) is 65.4 cm³/mol. The molecular weight excluding hydrogens is 230 g/mol. The highest BCUT2D eigenvalue weighted by atomic mass is 16.4. The summed E-state index contributed by atoms with van der Waals surface area (Å²) in [5.41, 5.74) is 2.26. The van der Waals surface area contributed by atoms with Gasteiger partial charge in [0.1, 0.15) is 6.33 Å². The van der Waals surface area contributed by atoms with Crippen molar-refractivity contribution in [3.8, 4) is 11.1 Å². The fourth-order valence-corrected chi connectivity index (χ4v) is 1.82. The highest BCUT2D eigenvalue weighted by Crippen LogP contribution is 2.18. The minimum absolute atomic E-state index is 0.0328. The summed E-state index contributed by atoms with van der Waals surface area (Å²) in [4.78, 5) is 18.9. The smallest absolute Gasteiger partial charge is 0.358 e. The number of hydrogen-bond donors (Lipinski definition) is 1. The molecule has 0 amide bonds. The van der Waals surface area contributed by atoms with Gasteiger partial charge in [0.15, 0.2) is 11.3 Å². The Labute approximate surface area is 102 Å². The molecule has 3 aromatic rings. The fourth-order valence-electron chi connectivity index (χ4n) is 1.82. The number of hydrogen-bond acceptors (Lipinski definition) is 3. The molecule has 0 fully saturated rings. The van der Waals surface area contributed by atoms with Crippen LogP contribution in [-0.2, 0) is 0 Å². The number of carboxylic acid groups (broad SMARTS) is 1. The molecule has 0 saturated carbocycles. The van der Waals surface area contributed by atoms with E-state index in [1.807, 2.05) is 36.5 Å². The molecule has 5 nitrogen and oxygen atoms in total. The van der Waals surface area contributed by atoms with Crippen LogP contribution in [0.25, 0.3) is 16.8 Å². The first-order valence-electron chi connectivity index (χ1n) is 5.37. The summed E-state index contributed by atoms with van der Waals surface area (Å²) >= 11 is 0. The van der Waals surface area contributed by atoms with Crippen molar-refractivity contribution < 1.29 is 9.90 Å². The van der Waals surface area contributed by atoms with Crippen molar-refractivity contribution in [2.24, 2.45) is 0 Å². The number of rotatable bonds is 2. The van der Waals surface area contributed by atoms with Crippen LogP contribution in [-0.4, -0.2) is 25.4 Å². The van der Waals surface area contributed by atoms with Crippen molar-refractivity contribution in [1.82, 2.24) is 14.4 Å². The Balaban J connectivity index is 2.16. The molecule has 0 aliphatic heterocycles. The number of nitrogens with zero attached hydrogens (tertiary/aromatic N) is 3. The molecule has 1 aromatic carbocycles. The minimum Gasteiger partial charge on any atom is -0.476 e. The number of aromatic nitrogens is 3. The van der Waals surface area contributed by atoms with Gasteiger partial charge in [-0.05, 0) is 5.56 Å². The first-order chi connectivity index (χ1) is 8.75. The lowest BCUT2D eigenvalue weighted by molar-refractivity contribution is 0.0693. The normalized spacial score (nSPS) is 10.7. The van der Waals surface area contributed by atoms with Gasteiger partial charge in [-0.25, -0.2) is 14.8 Å². The van der Waals surface area contributed by atoms with Gasteiger partial charge in [0.05, 0.1) is 0 Å². The van der Waals surface area contributed by atoms with Gasteiger partial charge in [0, 0.05) is 18.0 Å². The Morgan fingerprint density at radius 1 is 1.11 bits per heavy atom. The lowest BCUT2D eigenvalue weighted by Gasteiger charge is -2.01. The third kappa shape index (κ3) is 1.62. The molecule has 2 aromatic heterocycles. The summed E-state index contributed by atoms with van der Waals surface area (Å²) in [5.74, 6) is -1.07. The van der Waals surface area contributed by atoms with Crippen molar-refractivity contribution in [2.45, 2.75) is 0 Å². The first-order valence-corrected chi connectivity index (χ1v) is 5.37.